The van der Waals surface area contributed by atoms with Crippen LogP contribution in [0.2, 0.25) is 0 Å². The molecule has 4 aliphatic carbocycles. The molecule has 1 nitrogen and oxygen atoms in total. The van der Waals surface area contributed by atoms with Gasteiger partial charge in [-0.3, -0.25) is 0 Å². The Hall–Kier alpha value is -0.0400. The van der Waals surface area contributed by atoms with Crippen molar-refractivity contribution < 1.29 is 5.11 Å². The van der Waals surface area contributed by atoms with Gasteiger partial charge in [-0.05, 0) is 104 Å². The Kier molecular flexibility index (Phi) is 5.26. The summed E-state index contributed by atoms with van der Waals surface area (Å²) in [7, 11) is 0. The number of hydrogen-bond acceptors (Lipinski definition) is 1. The minimum atomic E-state index is -0.00578. The fourth-order valence-corrected chi connectivity index (χ4v) is 8.94. The van der Waals surface area contributed by atoms with Crippen LogP contribution in [0.15, 0.2) is 0 Å². The molecule has 150 valence electrons. The molecule has 0 heterocycles. The van der Waals surface area contributed by atoms with Crippen molar-refractivity contribution in [3.63, 3.8) is 0 Å². The molecule has 0 aliphatic heterocycles. The van der Waals surface area contributed by atoms with Crippen molar-refractivity contribution in [3.8, 4) is 0 Å². The van der Waals surface area contributed by atoms with E-state index in [1.54, 1.807) is 0 Å². The van der Waals surface area contributed by atoms with Crippen molar-refractivity contribution in [1.82, 2.24) is 0 Å². The van der Waals surface area contributed by atoms with Crippen LogP contribution in [-0.4, -0.2) is 11.2 Å². The largest absolute Gasteiger partial charge is 0.393 e. The van der Waals surface area contributed by atoms with Crippen LogP contribution in [0.5, 0.6) is 0 Å². The maximum atomic E-state index is 10.2. The van der Waals surface area contributed by atoms with Crippen LogP contribution in [-0.2, 0) is 0 Å². The van der Waals surface area contributed by atoms with Gasteiger partial charge in [-0.2, -0.15) is 0 Å². The molecular formula is C25H44O. The van der Waals surface area contributed by atoms with Crippen LogP contribution in [0, 0.1) is 46.3 Å². The summed E-state index contributed by atoms with van der Waals surface area (Å²) in [4.78, 5) is 0. The maximum Gasteiger partial charge on any atom is 0.0543 e. The number of fused-ring (bicyclic) bond motifs is 5. The molecule has 26 heavy (non-hydrogen) atoms. The second kappa shape index (κ2) is 7.09. The first-order valence-electron chi connectivity index (χ1n) is 12.1. The Morgan fingerprint density at radius 2 is 1.65 bits per heavy atom. The van der Waals surface area contributed by atoms with Gasteiger partial charge in [0.2, 0.25) is 0 Å². The Balaban J connectivity index is 1.52. The van der Waals surface area contributed by atoms with E-state index in [9.17, 15) is 5.11 Å². The predicted octanol–water partition coefficient (Wildman–Crippen LogP) is 6.83. The van der Waals surface area contributed by atoms with E-state index in [0.29, 0.717) is 10.8 Å². The Morgan fingerprint density at radius 3 is 2.42 bits per heavy atom. The van der Waals surface area contributed by atoms with Gasteiger partial charge in [0, 0.05) is 0 Å². The molecule has 1 unspecified atom stereocenters. The summed E-state index contributed by atoms with van der Waals surface area (Å²) in [5, 5.41) is 10.2. The molecule has 1 N–H and O–H groups in total. The summed E-state index contributed by atoms with van der Waals surface area (Å²) in [5.41, 5.74) is 1.17. The van der Waals surface area contributed by atoms with Crippen LogP contribution in [0.3, 0.4) is 0 Å². The molecule has 0 bridgehead atoms. The third-order valence-electron chi connectivity index (χ3n) is 10.4. The molecule has 4 saturated carbocycles. The summed E-state index contributed by atoms with van der Waals surface area (Å²) >= 11 is 0. The van der Waals surface area contributed by atoms with Crippen LogP contribution in [0.4, 0.5) is 0 Å². The van der Waals surface area contributed by atoms with Gasteiger partial charge in [0.25, 0.3) is 0 Å². The molecule has 0 saturated heterocycles. The highest BCUT2D eigenvalue weighted by molar-refractivity contribution is 5.09. The normalized spacial score (nSPS) is 52.0. The van der Waals surface area contributed by atoms with Crippen LogP contribution in [0.1, 0.15) is 105 Å². The van der Waals surface area contributed by atoms with Crippen molar-refractivity contribution in [2.75, 3.05) is 0 Å². The smallest absolute Gasteiger partial charge is 0.0543 e. The molecule has 9 atom stereocenters. The van der Waals surface area contributed by atoms with Crippen molar-refractivity contribution in [1.29, 1.82) is 0 Å². The Morgan fingerprint density at radius 1 is 0.923 bits per heavy atom. The fourth-order valence-electron chi connectivity index (χ4n) is 8.94. The maximum absolute atomic E-state index is 10.2. The van der Waals surface area contributed by atoms with Gasteiger partial charge in [-0.1, -0.05) is 47.0 Å². The van der Waals surface area contributed by atoms with E-state index in [1.807, 2.05) is 0 Å². The van der Waals surface area contributed by atoms with Gasteiger partial charge in [0.15, 0.2) is 0 Å². The van der Waals surface area contributed by atoms with Gasteiger partial charge in [-0.25, -0.2) is 0 Å². The van der Waals surface area contributed by atoms with Crippen molar-refractivity contribution in [3.05, 3.63) is 0 Å². The van der Waals surface area contributed by atoms with E-state index in [0.717, 1.165) is 48.3 Å². The average Bonchev–Trinajstić information content (AvgIpc) is 2.97. The van der Waals surface area contributed by atoms with Gasteiger partial charge in [0.1, 0.15) is 0 Å². The molecule has 0 aromatic rings. The van der Waals surface area contributed by atoms with Crippen molar-refractivity contribution in [2.24, 2.45) is 46.3 Å². The molecule has 0 aromatic carbocycles. The number of aliphatic hydroxyl groups excluding tert-OH is 1. The Bertz CT molecular complexity index is 500. The first-order valence-corrected chi connectivity index (χ1v) is 12.1. The third-order valence-corrected chi connectivity index (χ3v) is 10.4. The molecule has 4 rings (SSSR count). The number of hydrogen-bond donors (Lipinski definition) is 1. The van der Waals surface area contributed by atoms with Gasteiger partial charge < -0.3 is 5.11 Å². The van der Waals surface area contributed by atoms with Crippen LogP contribution in [0.25, 0.3) is 0 Å². The van der Waals surface area contributed by atoms with Crippen LogP contribution < -0.4 is 0 Å². The summed E-state index contributed by atoms with van der Waals surface area (Å²) in [6.07, 6.45) is 16.5. The minimum Gasteiger partial charge on any atom is -0.393 e. The molecule has 0 amide bonds. The average molecular weight is 361 g/mol. The lowest BCUT2D eigenvalue weighted by atomic mass is 9.44. The SMILES string of the molecule is CCCCC(C)[C@H]1CC[C@H]2[C@@H]3CC[C@H]4C[C@@H](O)CC[C@]4(C)[C@H]3CC[C@]12C. The second-order valence-corrected chi connectivity index (χ2v) is 11.4. The quantitative estimate of drug-likeness (QED) is 0.582. The van der Waals surface area contributed by atoms with E-state index in [4.69, 9.17) is 0 Å². The number of aliphatic hydroxyl groups is 1. The first kappa shape index (κ1) is 19.3. The first-order chi connectivity index (χ1) is 12.4. The zero-order valence-electron chi connectivity index (χ0n) is 18.0. The molecule has 0 spiro atoms. The fraction of sp³-hybridized carbons (Fsp3) is 1.00. The molecule has 0 radical (unpaired) electrons. The van der Waals surface area contributed by atoms with Gasteiger partial charge >= 0.3 is 0 Å². The van der Waals surface area contributed by atoms with E-state index < -0.39 is 0 Å². The summed E-state index contributed by atoms with van der Waals surface area (Å²) in [6, 6.07) is 0. The predicted molar refractivity (Wildman–Crippen MR) is 110 cm³/mol. The molecule has 4 aliphatic rings. The molecule has 1 heteroatoms. The standard InChI is InChI=1S/C25H44O/c1-5-6-7-17(2)21-10-11-22-20-9-8-18-16-19(26)12-14-24(18,3)23(20)13-15-25(21,22)4/h17-23,26H,5-16H2,1-4H3/t17?,18-,19-,20-,21+,22-,23-,24-,25+/m0/s1. The van der Waals surface area contributed by atoms with Gasteiger partial charge in [-0.15, -0.1) is 0 Å². The summed E-state index contributed by atoms with van der Waals surface area (Å²) in [6.45, 7) is 10.2. The number of rotatable bonds is 4. The lowest BCUT2D eigenvalue weighted by Crippen LogP contribution is -2.54. The van der Waals surface area contributed by atoms with E-state index in [-0.39, 0.29) is 6.10 Å². The molecule has 4 fully saturated rings. The van der Waals surface area contributed by atoms with Crippen molar-refractivity contribution in [2.45, 2.75) is 111 Å². The highest BCUT2D eigenvalue weighted by atomic mass is 16.3. The second-order valence-electron chi connectivity index (χ2n) is 11.4. The van der Waals surface area contributed by atoms with Gasteiger partial charge in [0.05, 0.1) is 6.10 Å². The van der Waals surface area contributed by atoms with E-state index >= 15 is 0 Å². The highest BCUT2D eigenvalue weighted by Gasteiger charge is 2.60. The molecule has 0 aromatic heterocycles. The Labute approximate surface area is 162 Å². The third kappa shape index (κ3) is 2.90. The zero-order valence-corrected chi connectivity index (χ0v) is 18.0. The minimum absolute atomic E-state index is 0.00578. The summed E-state index contributed by atoms with van der Waals surface area (Å²) in [5.74, 6) is 5.67. The topological polar surface area (TPSA) is 20.2 Å². The lowest BCUT2D eigenvalue weighted by Gasteiger charge is -2.61. The summed E-state index contributed by atoms with van der Waals surface area (Å²) < 4.78 is 0. The monoisotopic (exact) mass is 360 g/mol. The zero-order chi connectivity index (χ0) is 18.5. The van der Waals surface area contributed by atoms with E-state index in [1.165, 1.54) is 64.2 Å². The van der Waals surface area contributed by atoms with Crippen LogP contribution >= 0.6 is 0 Å². The van der Waals surface area contributed by atoms with Crippen molar-refractivity contribution >= 4 is 0 Å². The highest BCUT2D eigenvalue weighted by Crippen LogP contribution is 2.68. The molecular weight excluding hydrogens is 316 g/mol. The van der Waals surface area contributed by atoms with E-state index in [2.05, 4.69) is 27.7 Å². The lowest BCUT2D eigenvalue weighted by molar-refractivity contribution is -0.129. The number of unbranched alkanes of at least 4 members (excludes halogenated alkanes) is 1.